The van der Waals surface area contributed by atoms with Crippen LogP contribution in [-0.2, 0) is 11.3 Å². The maximum absolute atomic E-state index is 10.7. The van der Waals surface area contributed by atoms with Gasteiger partial charge in [-0.15, -0.1) is 0 Å². The Bertz CT molecular complexity index is 128. The van der Waals surface area contributed by atoms with Crippen molar-refractivity contribution in [1.29, 1.82) is 0 Å². The molecule has 4 heteroatoms. The number of hydrogen-bond acceptors (Lipinski definition) is 1. The van der Waals surface area contributed by atoms with Crippen LogP contribution in [0.1, 0.15) is 27.2 Å². The summed E-state index contributed by atoms with van der Waals surface area (Å²) in [5.74, 6) is 0.442. The molecular weight excluding hydrogens is 162 g/mol. The van der Waals surface area contributed by atoms with Crippen LogP contribution in [0.15, 0.2) is 0 Å². The third-order valence-electron chi connectivity index (χ3n) is 1.26. The first kappa shape index (κ1) is 11.1. The number of rotatable bonds is 5. The summed E-state index contributed by atoms with van der Waals surface area (Å²) < 4.78 is 21.0. The Morgan fingerprint density at radius 3 is 2.36 bits per heavy atom. The molecule has 0 saturated carbocycles. The van der Waals surface area contributed by atoms with Gasteiger partial charge in [0.25, 0.3) is 0 Å². The van der Waals surface area contributed by atoms with E-state index >= 15 is 0 Å². The lowest BCUT2D eigenvalue weighted by Crippen LogP contribution is -2.30. The molecule has 0 aliphatic carbocycles. The molecule has 3 nitrogen and oxygen atoms in total. The molecule has 11 heavy (non-hydrogen) atoms. The van der Waals surface area contributed by atoms with Gasteiger partial charge < -0.3 is 0 Å². The zero-order valence-corrected chi connectivity index (χ0v) is 8.23. The molecule has 0 aromatic carbocycles. The van der Waals surface area contributed by atoms with Crippen molar-refractivity contribution in [2.75, 3.05) is 13.1 Å². The van der Waals surface area contributed by atoms with Gasteiger partial charge in [0.1, 0.15) is 0 Å². The van der Waals surface area contributed by atoms with E-state index in [-0.39, 0.29) is 0 Å². The van der Waals surface area contributed by atoms with Gasteiger partial charge in [0.05, 0.1) is 0 Å². The van der Waals surface area contributed by atoms with Gasteiger partial charge in [-0.05, 0) is 12.3 Å². The van der Waals surface area contributed by atoms with Crippen LogP contribution in [0.4, 0.5) is 0 Å². The van der Waals surface area contributed by atoms with Crippen LogP contribution in [-0.4, -0.2) is 26.2 Å². The van der Waals surface area contributed by atoms with Crippen molar-refractivity contribution in [2.24, 2.45) is 5.92 Å². The highest BCUT2D eigenvalue weighted by Gasteiger charge is 2.10. The molecule has 0 amide bonds. The average molecular weight is 179 g/mol. The highest BCUT2D eigenvalue weighted by Crippen LogP contribution is 2.01. The molecule has 68 valence electrons. The molecule has 0 aliphatic rings. The van der Waals surface area contributed by atoms with Crippen molar-refractivity contribution in [2.45, 2.75) is 27.2 Å². The van der Waals surface area contributed by atoms with Gasteiger partial charge in [-0.2, -0.15) is 0 Å². The van der Waals surface area contributed by atoms with Gasteiger partial charge in [-0.25, -0.2) is 8.51 Å². The molecule has 0 bridgehead atoms. The van der Waals surface area contributed by atoms with Crippen molar-refractivity contribution in [3.05, 3.63) is 0 Å². The van der Waals surface area contributed by atoms with Crippen molar-refractivity contribution in [1.82, 2.24) is 4.31 Å². The fourth-order valence-corrected chi connectivity index (χ4v) is 1.65. The largest absolute Gasteiger partial charge is 0.294 e. The van der Waals surface area contributed by atoms with Gasteiger partial charge in [0.15, 0.2) is 0 Å². The summed E-state index contributed by atoms with van der Waals surface area (Å²) in [5.41, 5.74) is 0. The van der Waals surface area contributed by atoms with E-state index in [1.807, 2.05) is 20.8 Å². The van der Waals surface area contributed by atoms with E-state index < -0.39 is 11.3 Å². The molecule has 0 rings (SSSR count). The molecule has 0 aromatic heterocycles. The monoisotopic (exact) mass is 179 g/mol. The minimum atomic E-state index is -1.79. The summed E-state index contributed by atoms with van der Waals surface area (Å²) in [5, 5.41) is 0. The molecule has 0 radical (unpaired) electrons. The summed E-state index contributed by atoms with van der Waals surface area (Å²) in [6.45, 7) is 7.46. The predicted octanol–water partition coefficient (Wildman–Crippen LogP) is 1.49. The van der Waals surface area contributed by atoms with E-state index in [9.17, 15) is 4.21 Å². The minimum absolute atomic E-state index is 0.442. The van der Waals surface area contributed by atoms with Crippen LogP contribution in [0.3, 0.4) is 0 Å². The summed E-state index contributed by atoms with van der Waals surface area (Å²) in [6, 6.07) is 0. The molecule has 1 unspecified atom stereocenters. The Labute approximate surface area is 71.2 Å². The maximum Gasteiger partial charge on any atom is 0.234 e. The third-order valence-corrected chi connectivity index (χ3v) is 2.04. The van der Waals surface area contributed by atoms with E-state index in [1.54, 1.807) is 4.31 Å². The third kappa shape index (κ3) is 5.35. The van der Waals surface area contributed by atoms with Crippen molar-refractivity contribution >= 4 is 11.3 Å². The smallest absolute Gasteiger partial charge is 0.234 e. The molecule has 0 fully saturated rings. The summed E-state index contributed by atoms with van der Waals surface area (Å²) in [4.78, 5) is 0. The minimum Gasteiger partial charge on any atom is -0.294 e. The van der Waals surface area contributed by atoms with Gasteiger partial charge in [0, 0.05) is 13.1 Å². The second-order valence-corrected chi connectivity index (χ2v) is 3.99. The maximum atomic E-state index is 10.7. The van der Waals surface area contributed by atoms with Crippen LogP contribution in [0.2, 0.25) is 0 Å². The first-order chi connectivity index (χ1) is 5.07. The molecule has 1 atom stereocenters. The SMILES string of the molecule is CCCN(CC(C)C)S(=O)O. The highest BCUT2D eigenvalue weighted by atomic mass is 32.2. The topological polar surface area (TPSA) is 40.5 Å². The molecule has 1 N–H and O–H groups in total. The fraction of sp³-hybridized carbons (Fsp3) is 1.00. The normalized spacial score (nSPS) is 14.4. The zero-order valence-electron chi connectivity index (χ0n) is 7.41. The molecule has 0 spiro atoms. The Kier molecular flexibility index (Phi) is 5.72. The van der Waals surface area contributed by atoms with Crippen LogP contribution in [0.25, 0.3) is 0 Å². The van der Waals surface area contributed by atoms with Crippen molar-refractivity contribution in [3.63, 3.8) is 0 Å². The van der Waals surface area contributed by atoms with Gasteiger partial charge >= 0.3 is 0 Å². The lowest BCUT2D eigenvalue weighted by atomic mass is 10.2. The van der Waals surface area contributed by atoms with E-state index in [1.165, 1.54) is 0 Å². The predicted molar refractivity (Wildman–Crippen MR) is 47.5 cm³/mol. The molecule has 0 aromatic rings. The van der Waals surface area contributed by atoms with Crippen molar-refractivity contribution in [3.8, 4) is 0 Å². The van der Waals surface area contributed by atoms with E-state index in [0.29, 0.717) is 19.0 Å². The lowest BCUT2D eigenvalue weighted by molar-refractivity contribution is 0.357. The Balaban J connectivity index is 3.79. The zero-order chi connectivity index (χ0) is 8.85. The van der Waals surface area contributed by atoms with Gasteiger partial charge in [0.2, 0.25) is 11.3 Å². The molecular formula is C7H17NO2S. The highest BCUT2D eigenvalue weighted by molar-refractivity contribution is 7.76. The Morgan fingerprint density at radius 1 is 1.55 bits per heavy atom. The van der Waals surface area contributed by atoms with Crippen LogP contribution in [0, 0.1) is 5.92 Å². The molecule has 0 heterocycles. The fourth-order valence-electron chi connectivity index (χ4n) is 0.890. The summed E-state index contributed by atoms with van der Waals surface area (Å²) >= 11 is -1.79. The second-order valence-electron chi connectivity index (χ2n) is 3.01. The Morgan fingerprint density at radius 2 is 2.09 bits per heavy atom. The average Bonchev–Trinajstić information content (AvgIpc) is 1.86. The van der Waals surface area contributed by atoms with Gasteiger partial charge in [-0.1, -0.05) is 20.8 Å². The number of nitrogens with zero attached hydrogens (tertiary/aromatic N) is 1. The second kappa shape index (κ2) is 5.69. The summed E-state index contributed by atoms with van der Waals surface area (Å²) in [7, 11) is 0. The lowest BCUT2D eigenvalue weighted by Gasteiger charge is -2.18. The van der Waals surface area contributed by atoms with Crippen LogP contribution >= 0.6 is 0 Å². The van der Waals surface area contributed by atoms with E-state index in [2.05, 4.69) is 0 Å². The standard InChI is InChI=1S/C7H17NO2S/c1-4-5-8(11(9)10)6-7(2)3/h7H,4-6H2,1-3H3,(H,9,10). The first-order valence-electron chi connectivity index (χ1n) is 3.93. The van der Waals surface area contributed by atoms with Crippen LogP contribution in [0.5, 0.6) is 0 Å². The number of hydrogen-bond donors (Lipinski definition) is 1. The molecule has 0 saturated heterocycles. The van der Waals surface area contributed by atoms with Crippen LogP contribution < -0.4 is 0 Å². The molecule has 0 aliphatic heterocycles. The van der Waals surface area contributed by atoms with E-state index in [4.69, 9.17) is 4.55 Å². The van der Waals surface area contributed by atoms with Gasteiger partial charge in [-0.3, -0.25) is 4.55 Å². The quantitative estimate of drug-likeness (QED) is 0.650. The summed E-state index contributed by atoms with van der Waals surface area (Å²) in [6.07, 6.45) is 0.916. The van der Waals surface area contributed by atoms with E-state index in [0.717, 1.165) is 6.42 Å². The van der Waals surface area contributed by atoms with Crippen molar-refractivity contribution < 1.29 is 8.76 Å². The first-order valence-corrected chi connectivity index (χ1v) is 5.00. The Hall–Kier alpha value is 0.0700.